The van der Waals surface area contributed by atoms with Crippen LogP contribution in [0.2, 0.25) is 0 Å². The molecule has 2 nitrogen and oxygen atoms in total. The van der Waals surface area contributed by atoms with Crippen molar-refractivity contribution < 1.29 is 11.0 Å². The summed E-state index contributed by atoms with van der Waals surface area (Å²) in [7, 11) is 0. The molecule has 0 spiro atoms. The van der Waals surface area contributed by atoms with Gasteiger partial charge < -0.3 is 11.0 Å². The Kier molecular flexibility index (Phi) is 315. The van der Waals surface area contributed by atoms with E-state index in [1.807, 2.05) is 0 Å². The Bertz CT molecular complexity index is 6.00. The molecule has 0 heterocycles. The predicted molar refractivity (Wildman–Crippen MR) is 23.0 cm³/mol. The van der Waals surface area contributed by atoms with E-state index in [-0.39, 0.29) is 61.1 Å². The average molecular weight is 115 g/mol. The summed E-state index contributed by atoms with van der Waals surface area (Å²) in [5.74, 6) is 0. The standard InChI is InChI=1S/Ca.ClH.2H2O.2H/h;1H;2*1H2;;. The zero-order chi connectivity index (χ0) is 0. The SMILES string of the molecule is Cl.O.O.[CaH2]. The van der Waals surface area contributed by atoms with Crippen molar-refractivity contribution in [3.05, 3.63) is 0 Å². The van der Waals surface area contributed by atoms with Gasteiger partial charge in [0.1, 0.15) is 0 Å². The molecule has 4 N–H and O–H groups in total. The fraction of sp³-hybridized carbons (Fsp3) is 0. The number of hydrogen-bond donors (Lipinski definition) is 0. The van der Waals surface area contributed by atoms with Crippen molar-refractivity contribution in [1.29, 1.82) is 0 Å². The summed E-state index contributed by atoms with van der Waals surface area (Å²) < 4.78 is 0. The normalized spacial score (nSPS) is 0. The first-order valence-electron chi connectivity index (χ1n) is 0. The van der Waals surface area contributed by atoms with Gasteiger partial charge in [-0.25, -0.2) is 0 Å². The Balaban J connectivity index is 0. The molecule has 4 heteroatoms. The van der Waals surface area contributed by atoms with Crippen molar-refractivity contribution in [3.63, 3.8) is 0 Å². The summed E-state index contributed by atoms with van der Waals surface area (Å²) in [6.45, 7) is 0. The monoisotopic (exact) mass is 114 g/mol. The Morgan fingerprint density at radius 2 is 0.750 bits per heavy atom. The van der Waals surface area contributed by atoms with Gasteiger partial charge >= 0.3 is 37.7 Å². The van der Waals surface area contributed by atoms with E-state index < -0.39 is 0 Å². The summed E-state index contributed by atoms with van der Waals surface area (Å²) >= 11 is 0. The van der Waals surface area contributed by atoms with Gasteiger partial charge in [-0.05, 0) is 0 Å². The molecular formula is H7CaClO2. The minimum atomic E-state index is 0. The Morgan fingerprint density at radius 1 is 0.750 bits per heavy atom. The van der Waals surface area contributed by atoms with E-state index in [4.69, 9.17) is 0 Å². The predicted octanol–water partition coefficient (Wildman–Crippen LogP) is -2.14. The molecule has 0 aliphatic carbocycles. The molecule has 0 saturated heterocycles. The van der Waals surface area contributed by atoms with Crippen LogP contribution in [0.15, 0.2) is 0 Å². The van der Waals surface area contributed by atoms with Crippen molar-refractivity contribution in [1.82, 2.24) is 0 Å². The van der Waals surface area contributed by atoms with Crippen molar-refractivity contribution in [2.75, 3.05) is 0 Å². The Labute approximate surface area is 60.6 Å². The van der Waals surface area contributed by atoms with Gasteiger partial charge in [0.15, 0.2) is 0 Å². The average Bonchev–Trinajstić information content (AvgIpc) is 0. The van der Waals surface area contributed by atoms with E-state index in [1.165, 1.54) is 0 Å². The molecule has 0 unspecified atom stereocenters. The molecule has 0 fully saturated rings. The van der Waals surface area contributed by atoms with E-state index in [2.05, 4.69) is 0 Å². The van der Waals surface area contributed by atoms with Crippen LogP contribution in [0.4, 0.5) is 0 Å². The molecule has 0 aliphatic heterocycles. The fourth-order valence-electron chi connectivity index (χ4n) is 0. The fourth-order valence-corrected chi connectivity index (χ4v) is 0. The van der Waals surface area contributed by atoms with Gasteiger partial charge in [-0.1, -0.05) is 0 Å². The summed E-state index contributed by atoms with van der Waals surface area (Å²) in [6.07, 6.45) is 0. The third-order valence-electron chi connectivity index (χ3n) is 0. The maximum absolute atomic E-state index is 0. The van der Waals surface area contributed by atoms with E-state index >= 15 is 0 Å². The topological polar surface area (TPSA) is 63.0 Å². The van der Waals surface area contributed by atoms with Crippen LogP contribution in [0, 0.1) is 0 Å². The summed E-state index contributed by atoms with van der Waals surface area (Å²) in [6, 6.07) is 0. The van der Waals surface area contributed by atoms with Crippen LogP contribution < -0.4 is 0 Å². The number of halogens is 1. The van der Waals surface area contributed by atoms with Gasteiger partial charge in [-0.2, -0.15) is 0 Å². The summed E-state index contributed by atoms with van der Waals surface area (Å²) in [4.78, 5) is 0. The molecule has 4 heavy (non-hydrogen) atoms. The molecule has 0 aromatic rings. The van der Waals surface area contributed by atoms with Gasteiger partial charge in [0.2, 0.25) is 0 Å². The molecule has 0 rings (SSSR count). The molecule has 0 aliphatic rings. The second-order valence-corrected chi connectivity index (χ2v) is 0. The van der Waals surface area contributed by atoms with Crippen LogP contribution >= 0.6 is 12.4 Å². The third kappa shape index (κ3) is 9.80. The van der Waals surface area contributed by atoms with E-state index in [0.29, 0.717) is 0 Å². The molecule has 0 bridgehead atoms. The third-order valence-corrected chi connectivity index (χ3v) is 0. The van der Waals surface area contributed by atoms with E-state index in [1.54, 1.807) is 0 Å². The molecular weight excluding hydrogens is 108 g/mol. The molecule has 0 atom stereocenters. The van der Waals surface area contributed by atoms with Crippen LogP contribution in [0.5, 0.6) is 0 Å². The zero-order valence-electron chi connectivity index (χ0n) is 1.41. The van der Waals surface area contributed by atoms with Crippen molar-refractivity contribution >= 4 is 50.1 Å². The van der Waals surface area contributed by atoms with Crippen molar-refractivity contribution in [2.24, 2.45) is 0 Å². The summed E-state index contributed by atoms with van der Waals surface area (Å²) in [5, 5.41) is 0. The van der Waals surface area contributed by atoms with E-state index in [0.717, 1.165) is 0 Å². The number of rotatable bonds is 0. The molecule has 0 aromatic heterocycles. The van der Waals surface area contributed by atoms with Gasteiger partial charge in [0.05, 0.1) is 0 Å². The quantitative estimate of drug-likeness (QED) is 0.323. The Hall–Kier alpha value is 1.47. The van der Waals surface area contributed by atoms with Gasteiger partial charge in [-0.15, -0.1) is 12.4 Å². The molecule has 0 radical (unpaired) electrons. The van der Waals surface area contributed by atoms with Gasteiger partial charge in [-0.3, -0.25) is 0 Å². The first-order chi connectivity index (χ1) is 0. The van der Waals surface area contributed by atoms with Crippen LogP contribution in [0.25, 0.3) is 0 Å². The number of hydrogen-bond acceptors (Lipinski definition) is 0. The van der Waals surface area contributed by atoms with Gasteiger partial charge in [0, 0.05) is 0 Å². The van der Waals surface area contributed by atoms with Crippen LogP contribution in [-0.2, 0) is 0 Å². The van der Waals surface area contributed by atoms with Crippen LogP contribution in [-0.4, -0.2) is 48.7 Å². The molecule has 0 amide bonds. The van der Waals surface area contributed by atoms with Gasteiger partial charge in [0.25, 0.3) is 0 Å². The Morgan fingerprint density at radius 3 is 0.750 bits per heavy atom. The zero-order valence-corrected chi connectivity index (χ0v) is 2.22. The second kappa shape index (κ2) is 24.9. The molecule has 0 aromatic carbocycles. The molecule has 28 valence electrons. The van der Waals surface area contributed by atoms with Crippen molar-refractivity contribution in [2.45, 2.75) is 0 Å². The van der Waals surface area contributed by atoms with Crippen LogP contribution in [0.1, 0.15) is 0 Å². The first-order valence-corrected chi connectivity index (χ1v) is 0. The maximum atomic E-state index is 0. The van der Waals surface area contributed by atoms with Crippen molar-refractivity contribution in [3.8, 4) is 0 Å². The second-order valence-electron chi connectivity index (χ2n) is 0. The summed E-state index contributed by atoms with van der Waals surface area (Å²) in [5.41, 5.74) is 0. The molecule has 0 saturated carbocycles. The minimum absolute atomic E-state index is 0. The van der Waals surface area contributed by atoms with E-state index in [9.17, 15) is 0 Å². The first kappa shape index (κ1) is 50.6. The van der Waals surface area contributed by atoms with Crippen LogP contribution in [0.3, 0.4) is 0 Å².